The summed E-state index contributed by atoms with van der Waals surface area (Å²) in [6.45, 7) is -0.562. The average molecular weight is 353 g/mol. The monoisotopic (exact) mass is 352 g/mol. The van der Waals surface area contributed by atoms with Crippen molar-refractivity contribution in [3.05, 3.63) is 58.4 Å². The van der Waals surface area contributed by atoms with Crippen LogP contribution in [0.25, 0.3) is 0 Å². The summed E-state index contributed by atoms with van der Waals surface area (Å²) in [5.74, 6) is -1.45. The minimum atomic E-state index is -0.976. The minimum Gasteiger partial charge on any atom is -0.497 e. The fraction of sp³-hybridized carbons (Fsp3) is 0.176. The molecule has 0 fully saturated rings. The zero-order valence-corrected chi connectivity index (χ0v) is 13.7. The summed E-state index contributed by atoms with van der Waals surface area (Å²) in [6.07, 6.45) is 0. The molecule has 2 aromatic rings. The first kappa shape index (κ1) is 17.7. The van der Waals surface area contributed by atoms with Crippen LogP contribution >= 0.6 is 11.6 Å². The minimum absolute atomic E-state index is 0.187. The third kappa shape index (κ3) is 4.02. The van der Waals surface area contributed by atoms with Crippen LogP contribution in [0.15, 0.2) is 36.4 Å². The summed E-state index contributed by atoms with van der Waals surface area (Å²) in [4.78, 5) is 24.1. The Kier molecular flexibility index (Phi) is 5.76. The molecule has 5 nitrogen and oxygen atoms in total. The van der Waals surface area contributed by atoms with Gasteiger partial charge in [0.2, 0.25) is 5.78 Å². The van der Waals surface area contributed by atoms with Gasteiger partial charge in [0, 0.05) is 11.1 Å². The van der Waals surface area contributed by atoms with E-state index in [4.69, 9.17) is 25.8 Å². The lowest BCUT2D eigenvalue weighted by atomic mass is 10.1. The van der Waals surface area contributed by atoms with Crippen LogP contribution in [-0.2, 0) is 4.74 Å². The number of halogens is 2. The molecule has 0 saturated carbocycles. The second-order valence-electron chi connectivity index (χ2n) is 4.69. The third-order valence-corrected chi connectivity index (χ3v) is 3.43. The largest absolute Gasteiger partial charge is 0.497 e. The summed E-state index contributed by atoms with van der Waals surface area (Å²) in [6, 6.07) is 8.10. The molecule has 0 atom stereocenters. The molecule has 0 aliphatic carbocycles. The molecule has 0 aliphatic rings. The van der Waals surface area contributed by atoms with Crippen LogP contribution in [0.1, 0.15) is 20.7 Å². The number of rotatable bonds is 6. The van der Waals surface area contributed by atoms with Gasteiger partial charge in [0.1, 0.15) is 17.3 Å². The first-order chi connectivity index (χ1) is 11.5. The normalized spacial score (nSPS) is 10.2. The van der Waals surface area contributed by atoms with E-state index in [1.54, 1.807) is 6.07 Å². The Hall–Kier alpha value is -2.60. The smallest absolute Gasteiger partial charge is 0.341 e. The number of carbonyl (C=O) groups is 2. The Balaban J connectivity index is 2.10. The summed E-state index contributed by atoms with van der Waals surface area (Å²) in [5, 5.41) is 0.187. The topological polar surface area (TPSA) is 61.8 Å². The van der Waals surface area contributed by atoms with E-state index in [9.17, 15) is 14.0 Å². The standard InChI is InChI=1S/C17H14ClFO5/c1-22-11-4-5-12(16(8-11)23-2)15(20)9-24-17(21)13-7-10(18)3-6-14(13)19/h3-8H,9H2,1-2H3. The van der Waals surface area contributed by atoms with Crippen molar-refractivity contribution in [2.75, 3.05) is 20.8 Å². The highest BCUT2D eigenvalue weighted by Crippen LogP contribution is 2.25. The molecular formula is C17H14ClFO5. The molecule has 0 radical (unpaired) electrons. The van der Waals surface area contributed by atoms with E-state index < -0.39 is 24.2 Å². The average Bonchev–Trinajstić information content (AvgIpc) is 2.60. The van der Waals surface area contributed by atoms with Gasteiger partial charge < -0.3 is 14.2 Å². The van der Waals surface area contributed by atoms with Crippen molar-refractivity contribution in [3.8, 4) is 11.5 Å². The van der Waals surface area contributed by atoms with Gasteiger partial charge in [-0.25, -0.2) is 9.18 Å². The van der Waals surface area contributed by atoms with Crippen molar-refractivity contribution < 1.29 is 28.2 Å². The molecule has 0 bridgehead atoms. The van der Waals surface area contributed by atoms with Crippen LogP contribution < -0.4 is 9.47 Å². The first-order valence-corrected chi connectivity index (χ1v) is 7.21. The predicted octanol–water partition coefficient (Wildman–Crippen LogP) is 3.54. The van der Waals surface area contributed by atoms with E-state index >= 15 is 0 Å². The molecule has 7 heteroatoms. The van der Waals surface area contributed by atoms with Crippen molar-refractivity contribution in [1.29, 1.82) is 0 Å². The van der Waals surface area contributed by atoms with Gasteiger partial charge in [0.05, 0.1) is 25.3 Å². The number of ether oxygens (including phenoxy) is 3. The summed E-state index contributed by atoms with van der Waals surface area (Å²) >= 11 is 5.72. The maximum atomic E-state index is 13.6. The number of carbonyl (C=O) groups excluding carboxylic acids is 2. The number of hydrogen-bond donors (Lipinski definition) is 0. The molecule has 0 aliphatic heterocycles. The molecular weight excluding hydrogens is 339 g/mol. The number of methoxy groups -OCH3 is 2. The highest BCUT2D eigenvalue weighted by molar-refractivity contribution is 6.30. The molecule has 0 N–H and O–H groups in total. The highest BCUT2D eigenvalue weighted by atomic mass is 35.5. The molecule has 126 valence electrons. The third-order valence-electron chi connectivity index (χ3n) is 3.19. The van der Waals surface area contributed by atoms with Crippen LogP contribution in [0, 0.1) is 5.82 Å². The van der Waals surface area contributed by atoms with E-state index in [0.717, 1.165) is 12.1 Å². The molecule has 2 rings (SSSR count). The van der Waals surface area contributed by atoms with E-state index in [-0.39, 0.29) is 21.9 Å². The predicted molar refractivity (Wildman–Crippen MR) is 85.6 cm³/mol. The molecule has 0 heterocycles. The fourth-order valence-corrected chi connectivity index (χ4v) is 2.14. The Morgan fingerprint density at radius 2 is 1.79 bits per heavy atom. The lowest BCUT2D eigenvalue weighted by Crippen LogP contribution is -2.16. The van der Waals surface area contributed by atoms with Crippen molar-refractivity contribution >= 4 is 23.4 Å². The van der Waals surface area contributed by atoms with Gasteiger partial charge in [-0.3, -0.25) is 4.79 Å². The SMILES string of the molecule is COc1ccc(C(=O)COC(=O)c2cc(Cl)ccc2F)c(OC)c1. The first-order valence-electron chi connectivity index (χ1n) is 6.83. The molecule has 2 aromatic carbocycles. The number of esters is 1. The lowest BCUT2D eigenvalue weighted by molar-refractivity contribution is 0.0469. The van der Waals surface area contributed by atoms with Gasteiger partial charge in [-0.1, -0.05) is 11.6 Å². The van der Waals surface area contributed by atoms with Gasteiger partial charge >= 0.3 is 5.97 Å². The van der Waals surface area contributed by atoms with Crippen molar-refractivity contribution in [2.24, 2.45) is 0 Å². The Labute approximate surface area is 142 Å². The van der Waals surface area contributed by atoms with E-state index in [1.807, 2.05) is 0 Å². The maximum absolute atomic E-state index is 13.6. The molecule has 0 amide bonds. The summed E-state index contributed by atoms with van der Waals surface area (Å²) in [7, 11) is 2.89. The zero-order valence-electron chi connectivity index (χ0n) is 13.0. The molecule has 0 aromatic heterocycles. The second kappa shape index (κ2) is 7.79. The number of benzene rings is 2. The van der Waals surface area contributed by atoms with Crippen LogP contribution in [-0.4, -0.2) is 32.6 Å². The van der Waals surface area contributed by atoms with Crippen molar-refractivity contribution in [2.45, 2.75) is 0 Å². The van der Waals surface area contributed by atoms with Crippen LogP contribution in [0.3, 0.4) is 0 Å². The number of hydrogen-bond acceptors (Lipinski definition) is 5. The molecule has 0 unspecified atom stereocenters. The quantitative estimate of drug-likeness (QED) is 0.588. The van der Waals surface area contributed by atoms with Crippen LogP contribution in [0.5, 0.6) is 11.5 Å². The Morgan fingerprint density at radius 3 is 2.46 bits per heavy atom. The van der Waals surface area contributed by atoms with E-state index in [2.05, 4.69) is 0 Å². The molecule has 0 spiro atoms. The molecule has 0 saturated heterocycles. The van der Waals surface area contributed by atoms with Crippen molar-refractivity contribution in [1.82, 2.24) is 0 Å². The summed E-state index contributed by atoms with van der Waals surface area (Å²) < 4.78 is 28.6. The van der Waals surface area contributed by atoms with Crippen LogP contribution in [0.2, 0.25) is 5.02 Å². The summed E-state index contributed by atoms with van der Waals surface area (Å²) in [5.41, 5.74) is -0.116. The second-order valence-corrected chi connectivity index (χ2v) is 5.13. The Morgan fingerprint density at radius 1 is 1.04 bits per heavy atom. The van der Waals surface area contributed by atoms with Gasteiger partial charge in [0.25, 0.3) is 0 Å². The Bertz CT molecular complexity index is 776. The number of Topliss-reactive ketones (excluding diaryl/α,β-unsaturated/α-hetero) is 1. The van der Waals surface area contributed by atoms with Crippen molar-refractivity contribution in [3.63, 3.8) is 0 Å². The lowest BCUT2D eigenvalue weighted by Gasteiger charge is -2.10. The van der Waals surface area contributed by atoms with Gasteiger partial charge in [-0.15, -0.1) is 0 Å². The van der Waals surface area contributed by atoms with Gasteiger partial charge in [-0.05, 0) is 30.3 Å². The van der Waals surface area contributed by atoms with Crippen LogP contribution in [0.4, 0.5) is 4.39 Å². The maximum Gasteiger partial charge on any atom is 0.341 e. The van der Waals surface area contributed by atoms with E-state index in [0.29, 0.717) is 5.75 Å². The van der Waals surface area contributed by atoms with Gasteiger partial charge in [-0.2, -0.15) is 0 Å². The fourth-order valence-electron chi connectivity index (χ4n) is 1.97. The number of ketones is 1. The molecule has 24 heavy (non-hydrogen) atoms. The zero-order chi connectivity index (χ0) is 17.7. The van der Waals surface area contributed by atoms with Gasteiger partial charge in [0.15, 0.2) is 6.61 Å². The highest BCUT2D eigenvalue weighted by Gasteiger charge is 2.18. The van der Waals surface area contributed by atoms with E-state index in [1.165, 1.54) is 32.4 Å².